The lowest BCUT2D eigenvalue weighted by molar-refractivity contribution is -0.385. The number of carbonyl (C=O) groups is 2. The number of para-hydroxylation sites is 1. The molecule has 0 aliphatic heterocycles. The first-order valence-corrected chi connectivity index (χ1v) is 8.37. The van der Waals surface area contributed by atoms with E-state index in [4.69, 9.17) is 4.74 Å². The number of nitro groups is 1. The number of aryl methyl sites for hydroxylation is 2. The summed E-state index contributed by atoms with van der Waals surface area (Å²) < 4.78 is 5.31. The quantitative estimate of drug-likeness (QED) is 0.317. The molecule has 1 aromatic heterocycles. The molecule has 2 aromatic carbocycles. The molecule has 0 aliphatic carbocycles. The number of esters is 1. The Balaban J connectivity index is 1.82. The summed E-state index contributed by atoms with van der Waals surface area (Å²) in [7, 11) is 0. The van der Waals surface area contributed by atoms with Gasteiger partial charge in [0.05, 0.1) is 10.5 Å². The Bertz CT molecular complexity index is 1070. The fourth-order valence-electron chi connectivity index (χ4n) is 3.07. The van der Waals surface area contributed by atoms with Crippen LogP contribution in [0.25, 0.3) is 10.9 Å². The van der Waals surface area contributed by atoms with Gasteiger partial charge in [-0.25, -0.2) is 4.79 Å². The van der Waals surface area contributed by atoms with Crippen LogP contribution >= 0.6 is 0 Å². The van der Waals surface area contributed by atoms with Crippen LogP contribution in [0.4, 0.5) is 5.69 Å². The number of benzene rings is 2. The van der Waals surface area contributed by atoms with E-state index >= 15 is 0 Å². The molecule has 7 nitrogen and oxygen atoms in total. The number of hydrogen-bond acceptors (Lipinski definition) is 5. The zero-order valence-corrected chi connectivity index (χ0v) is 15.1. The Labute approximate surface area is 155 Å². The molecule has 1 N–H and O–H groups in total. The lowest BCUT2D eigenvalue weighted by Gasteiger charge is -2.13. The van der Waals surface area contributed by atoms with Gasteiger partial charge in [0.25, 0.3) is 5.69 Å². The molecule has 3 aromatic rings. The van der Waals surface area contributed by atoms with Gasteiger partial charge < -0.3 is 9.72 Å². The number of H-pyrrole nitrogens is 1. The molecule has 3 rings (SSSR count). The van der Waals surface area contributed by atoms with Gasteiger partial charge >= 0.3 is 5.97 Å². The molecule has 0 saturated heterocycles. The highest BCUT2D eigenvalue weighted by molar-refractivity contribution is 6.11. The van der Waals surface area contributed by atoms with E-state index in [1.54, 1.807) is 13.8 Å². The summed E-state index contributed by atoms with van der Waals surface area (Å²) in [5.74, 6) is -1.01. The molecule has 0 bridgehead atoms. The van der Waals surface area contributed by atoms with Crippen molar-refractivity contribution in [3.05, 3.63) is 75.0 Å². The Hall–Kier alpha value is -3.48. The fraction of sp³-hybridized carbons (Fsp3) is 0.200. The van der Waals surface area contributed by atoms with Crippen molar-refractivity contribution in [1.29, 1.82) is 0 Å². The molecule has 0 saturated carbocycles. The largest absolute Gasteiger partial charge is 0.451 e. The Kier molecular flexibility index (Phi) is 4.77. The van der Waals surface area contributed by atoms with Crippen LogP contribution in [0.15, 0.2) is 42.5 Å². The smallest absolute Gasteiger partial charge is 0.338 e. The van der Waals surface area contributed by atoms with Crippen LogP contribution < -0.4 is 0 Å². The Morgan fingerprint density at radius 1 is 1.15 bits per heavy atom. The minimum atomic E-state index is -0.995. The maximum absolute atomic E-state index is 12.8. The van der Waals surface area contributed by atoms with E-state index in [1.165, 1.54) is 25.1 Å². The van der Waals surface area contributed by atoms with Crippen molar-refractivity contribution in [3.8, 4) is 0 Å². The Morgan fingerprint density at radius 2 is 1.85 bits per heavy atom. The molecule has 1 atom stereocenters. The fourth-order valence-corrected chi connectivity index (χ4v) is 3.07. The number of aromatic amines is 1. The number of aromatic nitrogens is 1. The molecule has 0 amide bonds. The second kappa shape index (κ2) is 7.03. The van der Waals surface area contributed by atoms with Gasteiger partial charge in [-0.15, -0.1) is 0 Å². The third-order valence-corrected chi connectivity index (χ3v) is 4.42. The molecule has 27 heavy (non-hydrogen) atoms. The molecule has 7 heteroatoms. The minimum Gasteiger partial charge on any atom is -0.451 e. The summed E-state index contributed by atoms with van der Waals surface area (Å²) in [6.07, 6.45) is -0.995. The predicted octanol–water partition coefficient (Wildman–Crippen LogP) is 4.12. The maximum atomic E-state index is 12.8. The van der Waals surface area contributed by atoms with Crippen molar-refractivity contribution in [2.45, 2.75) is 26.9 Å². The molecule has 0 aliphatic rings. The van der Waals surface area contributed by atoms with Crippen molar-refractivity contribution >= 4 is 28.3 Å². The van der Waals surface area contributed by atoms with Crippen LogP contribution in [0.3, 0.4) is 0 Å². The van der Waals surface area contributed by atoms with Crippen LogP contribution in [0.5, 0.6) is 0 Å². The van der Waals surface area contributed by atoms with Gasteiger partial charge in [-0.05, 0) is 39.0 Å². The van der Waals surface area contributed by atoms with Gasteiger partial charge in [-0.2, -0.15) is 0 Å². The highest BCUT2D eigenvalue weighted by atomic mass is 16.6. The molecule has 1 heterocycles. The second-order valence-corrected chi connectivity index (χ2v) is 6.34. The van der Waals surface area contributed by atoms with Gasteiger partial charge in [0, 0.05) is 33.8 Å². The topological polar surface area (TPSA) is 102 Å². The molecular weight excluding hydrogens is 348 g/mol. The molecule has 138 valence electrons. The standard InChI is InChI=1S/C20H18N2O5/c1-11-10-14(8-9-17(11)22(25)26)20(24)27-13(3)19(23)18-12(2)21-16-7-5-4-6-15(16)18/h4-10,13,21H,1-3H3/t13-/m0/s1. The first kappa shape index (κ1) is 18.3. The number of fused-ring (bicyclic) bond motifs is 1. The normalized spacial score (nSPS) is 12.0. The predicted molar refractivity (Wildman–Crippen MR) is 100 cm³/mol. The van der Waals surface area contributed by atoms with Crippen LogP contribution in [0.1, 0.15) is 38.9 Å². The number of nitro benzene ring substituents is 1. The number of nitrogens with zero attached hydrogens (tertiary/aromatic N) is 1. The summed E-state index contributed by atoms with van der Waals surface area (Å²) in [4.78, 5) is 38.7. The third-order valence-electron chi connectivity index (χ3n) is 4.42. The average molecular weight is 366 g/mol. The number of ketones is 1. The van der Waals surface area contributed by atoms with Gasteiger partial charge in [0.15, 0.2) is 6.10 Å². The van der Waals surface area contributed by atoms with Gasteiger partial charge in [-0.1, -0.05) is 18.2 Å². The number of hydrogen-bond donors (Lipinski definition) is 1. The maximum Gasteiger partial charge on any atom is 0.338 e. The van der Waals surface area contributed by atoms with E-state index in [1.807, 2.05) is 24.3 Å². The first-order valence-electron chi connectivity index (χ1n) is 8.37. The number of carbonyl (C=O) groups excluding carboxylic acids is 2. The number of Topliss-reactive ketones (excluding diaryl/α,β-unsaturated/α-hetero) is 1. The van der Waals surface area contributed by atoms with Crippen molar-refractivity contribution in [3.63, 3.8) is 0 Å². The van der Waals surface area contributed by atoms with Gasteiger partial charge in [0.1, 0.15) is 0 Å². The van der Waals surface area contributed by atoms with Gasteiger partial charge in [0.2, 0.25) is 5.78 Å². The molecule has 0 spiro atoms. The summed E-state index contributed by atoms with van der Waals surface area (Å²) in [6, 6.07) is 11.4. The molecule has 0 fully saturated rings. The number of ether oxygens (including phenoxy) is 1. The molecular formula is C20H18N2O5. The summed E-state index contributed by atoms with van der Waals surface area (Å²) in [5, 5.41) is 11.7. The minimum absolute atomic E-state index is 0.0786. The van der Waals surface area contributed by atoms with E-state index in [-0.39, 0.29) is 17.0 Å². The monoisotopic (exact) mass is 366 g/mol. The lowest BCUT2D eigenvalue weighted by Crippen LogP contribution is -2.25. The van der Waals surface area contributed by atoms with Crippen LogP contribution in [0, 0.1) is 24.0 Å². The van der Waals surface area contributed by atoms with E-state index in [0.717, 1.165) is 10.9 Å². The number of rotatable bonds is 5. The lowest BCUT2D eigenvalue weighted by atomic mass is 10.0. The Morgan fingerprint density at radius 3 is 2.52 bits per heavy atom. The summed E-state index contributed by atoms with van der Waals surface area (Å²) >= 11 is 0. The second-order valence-electron chi connectivity index (χ2n) is 6.34. The summed E-state index contributed by atoms with van der Waals surface area (Å²) in [5.41, 5.74) is 2.46. The van der Waals surface area contributed by atoms with Crippen LogP contribution in [-0.2, 0) is 4.74 Å². The molecule has 0 radical (unpaired) electrons. The first-order chi connectivity index (χ1) is 12.8. The third kappa shape index (κ3) is 3.44. The number of nitrogens with one attached hydrogen (secondary N) is 1. The van der Waals surface area contributed by atoms with E-state index in [0.29, 0.717) is 16.8 Å². The highest BCUT2D eigenvalue weighted by Crippen LogP contribution is 2.24. The van der Waals surface area contributed by atoms with Crippen molar-refractivity contribution in [2.24, 2.45) is 0 Å². The zero-order chi connectivity index (χ0) is 19.7. The van der Waals surface area contributed by atoms with Crippen molar-refractivity contribution < 1.29 is 19.2 Å². The van der Waals surface area contributed by atoms with E-state index in [2.05, 4.69) is 4.98 Å². The average Bonchev–Trinajstić information content (AvgIpc) is 2.96. The van der Waals surface area contributed by atoms with Gasteiger partial charge in [-0.3, -0.25) is 14.9 Å². The van der Waals surface area contributed by atoms with Crippen LogP contribution in [-0.4, -0.2) is 27.8 Å². The zero-order valence-electron chi connectivity index (χ0n) is 15.1. The SMILES string of the molecule is Cc1cc(C(=O)O[C@@H](C)C(=O)c2c(C)[nH]c3ccccc23)ccc1[N+](=O)[O-]. The molecule has 0 unspecified atom stereocenters. The summed E-state index contributed by atoms with van der Waals surface area (Å²) in [6.45, 7) is 4.85. The van der Waals surface area contributed by atoms with Crippen molar-refractivity contribution in [1.82, 2.24) is 4.98 Å². The van der Waals surface area contributed by atoms with Crippen molar-refractivity contribution in [2.75, 3.05) is 0 Å². The van der Waals surface area contributed by atoms with E-state index < -0.39 is 17.0 Å². The van der Waals surface area contributed by atoms with Crippen LogP contribution in [0.2, 0.25) is 0 Å². The van der Waals surface area contributed by atoms with E-state index in [9.17, 15) is 19.7 Å². The highest BCUT2D eigenvalue weighted by Gasteiger charge is 2.25.